The molecule has 0 saturated carbocycles. The van der Waals surface area contributed by atoms with E-state index in [4.69, 9.17) is 5.73 Å². The van der Waals surface area contributed by atoms with Crippen LogP contribution in [0, 0.1) is 0 Å². The number of nitrogens with two attached hydrogens (primary N) is 1. The lowest BCUT2D eigenvalue weighted by molar-refractivity contribution is 0.269. The molecule has 0 aliphatic carbocycles. The molecule has 1 rings (SSSR count). The topological polar surface area (TPSA) is 76.3 Å². The fraction of sp³-hybridized carbons (Fsp3) is 0.667. The minimum atomic E-state index is -2.93. The third-order valence-electron chi connectivity index (χ3n) is 2.27. The molecule has 8 heteroatoms. The molecule has 0 saturated heterocycles. The summed E-state index contributed by atoms with van der Waals surface area (Å²) in [5.74, 6) is 0.164. The summed E-state index contributed by atoms with van der Waals surface area (Å²) in [7, 11) is -1.04. The van der Waals surface area contributed by atoms with E-state index in [9.17, 15) is 8.42 Å². The first kappa shape index (κ1) is 16.6. The molecule has 1 unspecified atom stereocenters. The third kappa shape index (κ3) is 6.21. The Hall–Kier alpha value is -0.370. The molecule has 0 fully saturated rings. The van der Waals surface area contributed by atoms with Gasteiger partial charge in [0.2, 0.25) is 0 Å². The highest BCUT2D eigenvalue weighted by molar-refractivity contribution is 7.90. The van der Waals surface area contributed by atoms with Gasteiger partial charge in [-0.2, -0.15) is 0 Å². The summed E-state index contributed by atoms with van der Waals surface area (Å²) < 4.78 is 22.3. The van der Waals surface area contributed by atoms with Crippen LogP contribution in [0.5, 0.6) is 0 Å². The highest BCUT2D eigenvalue weighted by Crippen LogP contribution is 2.17. The number of nitrogens with zero attached hydrogens (tertiary/aromatic N) is 2. The molecule has 0 aliphatic heterocycles. The van der Waals surface area contributed by atoms with Crippen LogP contribution in [0.15, 0.2) is 6.20 Å². The van der Waals surface area contributed by atoms with E-state index in [0.717, 1.165) is 4.88 Å². The highest BCUT2D eigenvalue weighted by Gasteiger charge is 2.16. The van der Waals surface area contributed by atoms with Crippen LogP contribution in [-0.4, -0.2) is 43.4 Å². The number of rotatable bonds is 5. The SMILES string of the molecule is CC(CS(C)(=O)=O)N(C)Cc1cnc(N)s1.Cl. The van der Waals surface area contributed by atoms with Crippen LogP contribution >= 0.6 is 23.7 Å². The second kappa shape index (κ2) is 6.53. The monoisotopic (exact) mass is 299 g/mol. The van der Waals surface area contributed by atoms with Crippen LogP contribution < -0.4 is 5.73 Å². The first-order valence-corrected chi connectivity index (χ1v) is 7.74. The summed E-state index contributed by atoms with van der Waals surface area (Å²) in [5.41, 5.74) is 5.53. The number of anilines is 1. The standard InChI is InChI=1S/C9H17N3O2S2.ClH/c1-7(6-16(3,13)14)12(2)5-8-4-11-9(10)15-8;/h4,7H,5-6H2,1-3H3,(H2,10,11);1H. The fourth-order valence-corrected chi connectivity index (χ4v) is 3.24. The smallest absolute Gasteiger partial charge is 0.180 e. The van der Waals surface area contributed by atoms with Crippen molar-refractivity contribution < 1.29 is 8.42 Å². The molecule has 0 amide bonds. The summed E-state index contributed by atoms with van der Waals surface area (Å²) in [6.07, 6.45) is 2.98. The lowest BCUT2D eigenvalue weighted by Crippen LogP contribution is -2.34. The van der Waals surface area contributed by atoms with Crippen molar-refractivity contribution in [3.63, 3.8) is 0 Å². The Bertz CT molecular complexity index is 447. The Morgan fingerprint density at radius 3 is 2.59 bits per heavy atom. The van der Waals surface area contributed by atoms with Gasteiger partial charge >= 0.3 is 0 Å². The molecule has 0 radical (unpaired) electrons. The average Bonchev–Trinajstić information content (AvgIpc) is 2.48. The maximum absolute atomic E-state index is 11.1. The van der Waals surface area contributed by atoms with Gasteiger partial charge in [-0.25, -0.2) is 13.4 Å². The van der Waals surface area contributed by atoms with Gasteiger partial charge < -0.3 is 5.73 Å². The molecule has 0 aliphatic rings. The Morgan fingerprint density at radius 1 is 1.59 bits per heavy atom. The Balaban J connectivity index is 0.00000256. The van der Waals surface area contributed by atoms with Crippen LogP contribution in [0.25, 0.3) is 0 Å². The fourth-order valence-electron chi connectivity index (χ4n) is 1.36. The van der Waals surface area contributed by atoms with Crippen LogP contribution in [0.3, 0.4) is 0 Å². The molecule has 2 N–H and O–H groups in total. The maximum Gasteiger partial charge on any atom is 0.180 e. The first-order chi connectivity index (χ1) is 7.28. The number of sulfone groups is 1. The van der Waals surface area contributed by atoms with Crippen LogP contribution in [0.4, 0.5) is 5.13 Å². The Labute approximate surface area is 112 Å². The van der Waals surface area contributed by atoms with Crippen molar-refractivity contribution in [3.8, 4) is 0 Å². The van der Waals surface area contributed by atoms with Crippen LogP contribution in [0.1, 0.15) is 11.8 Å². The summed E-state index contributed by atoms with van der Waals surface area (Å²) in [6.45, 7) is 2.57. The molecule has 1 heterocycles. The van der Waals surface area contributed by atoms with E-state index < -0.39 is 9.84 Å². The molecular weight excluding hydrogens is 282 g/mol. The zero-order valence-electron chi connectivity index (χ0n) is 10.1. The van der Waals surface area contributed by atoms with Gasteiger partial charge in [-0.05, 0) is 14.0 Å². The van der Waals surface area contributed by atoms with Gasteiger partial charge in [0.05, 0.1) is 5.75 Å². The molecule has 5 nitrogen and oxygen atoms in total. The maximum atomic E-state index is 11.1. The number of aromatic nitrogens is 1. The number of hydrogen-bond donors (Lipinski definition) is 1. The van der Waals surface area contributed by atoms with E-state index in [0.29, 0.717) is 11.7 Å². The summed E-state index contributed by atoms with van der Waals surface area (Å²) >= 11 is 1.43. The van der Waals surface area contributed by atoms with E-state index in [-0.39, 0.29) is 24.2 Å². The zero-order valence-corrected chi connectivity index (χ0v) is 12.5. The van der Waals surface area contributed by atoms with Crippen LogP contribution in [-0.2, 0) is 16.4 Å². The predicted octanol–water partition coefficient (Wildman–Crippen LogP) is 1.01. The lowest BCUT2D eigenvalue weighted by atomic mass is 10.3. The van der Waals surface area contributed by atoms with Gasteiger partial charge in [-0.15, -0.1) is 23.7 Å². The van der Waals surface area contributed by atoms with E-state index in [1.165, 1.54) is 17.6 Å². The molecule has 0 bridgehead atoms. The van der Waals surface area contributed by atoms with Crippen molar-refractivity contribution in [1.29, 1.82) is 0 Å². The summed E-state index contributed by atoms with van der Waals surface area (Å²) in [5, 5.41) is 0.541. The molecule has 17 heavy (non-hydrogen) atoms. The van der Waals surface area contributed by atoms with Crippen molar-refractivity contribution in [1.82, 2.24) is 9.88 Å². The normalized spacial score (nSPS) is 13.4. The van der Waals surface area contributed by atoms with Gasteiger partial charge in [-0.1, -0.05) is 0 Å². The van der Waals surface area contributed by atoms with E-state index in [1.807, 2.05) is 18.9 Å². The molecular formula is C9H18ClN3O2S2. The van der Waals surface area contributed by atoms with Gasteiger partial charge in [0.15, 0.2) is 5.13 Å². The van der Waals surface area contributed by atoms with Gasteiger partial charge in [0.1, 0.15) is 9.84 Å². The molecule has 1 atom stereocenters. The second-order valence-electron chi connectivity index (χ2n) is 4.02. The van der Waals surface area contributed by atoms with Crippen molar-refractivity contribution in [2.24, 2.45) is 0 Å². The summed E-state index contributed by atoms with van der Waals surface area (Å²) in [4.78, 5) is 6.98. The predicted molar refractivity (Wildman–Crippen MR) is 74.4 cm³/mol. The zero-order chi connectivity index (χ0) is 12.3. The Morgan fingerprint density at radius 2 is 2.18 bits per heavy atom. The number of thiazole rings is 1. The molecule has 0 aromatic carbocycles. The minimum Gasteiger partial charge on any atom is -0.375 e. The first-order valence-electron chi connectivity index (χ1n) is 4.86. The number of nitrogen functional groups attached to an aromatic ring is 1. The summed E-state index contributed by atoms with van der Waals surface area (Å²) in [6, 6.07) is -0.0154. The van der Waals surface area contributed by atoms with Crippen molar-refractivity contribution in [3.05, 3.63) is 11.1 Å². The van der Waals surface area contributed by atoms with E-state index in [2.05, 4.69) is 4.98 Å². The van der Waals surface area contributed by atoms with Crippen molar-refractivity contribution in [2.45, 2.75) is 19.5 Å². The van der Waals surface area contributed by atoms with Crippen molar-refractivity contribution >= 4 is 38.7 Å². The molecule has 100 valence electrons. The average molecular weight is 300 g/mol. The van der Waals surface area contributed by atoms with Crippen LogP contribution in [0.2, 0.25) is 0 Å². The Kier molecular flexibility index (Phi) is 6.39. The van der Waals surface area contributed by atoms with E-state index >= 15 is 0 Å². The highest BCUT2D eigenvalue weighted by atomic mass is 35.5. The molecule has 1 aromatic heterocycles. The quantitative estimate of drug-likeness (QED) is 0.878. The largest absolute Gasteiger partial charge is 0.375 e. The van der Waals surface area contributed by atoms with Gasteiger partial charge in [0.25, 0.3) is 0 Å². The van der Waals surface area contributed by atoms with E-state index in [1.54, 1.807) is 6.20 Å². The third-order valence-corrected chi connectivity index (χ3v) is 4.17. The van der Waals surface area contributed by atoms with Crippen molar-refractivity contribution in [2.75, 3.05) is 24.8 Å². The number of halogens is 1. The second-order valence-corrected chi connectivity index (χ2v) is 7.35. The number of hydrogen-bond acceptors (Lipinski definition) is 6. The minimum absolute atomic E-state index is 0. The molecule has 0 spiro atoms. The lowest BCUT2D eigenvalue weighted by Gasteiger charge is -2.22. The van der Waals surface area contributed by atoms with Gasteiger partial charge in [-0.3, -0.25) is 4.90 Å². The van der Waals surface area contributed by atoms with Gasteiger partial charge in [0, 0.05) is 29.9 Å². The molecule has 1 aromatic rings.